The zero-order valence-corrected chi connectivity index (χ0v) is 17.1. The molecule has 2 aromatic carbocycles. The molecular formula is C24H24N4O2. The van der Waals surface area contributed by atoms with Crippen molar-refractivity contribution >= 4 is 16.9 Å². The molecule has 4 aromatic rings. The van der Waals surface area contributed by atoms with E-state index in [0.717, 1.165) is 27.8 Å². The molecule has 0 saturated heterocycles. The van der Waals surface area contributed by atoms with Crippen LogP contribution >= 0.6 is 0 Å². The Morgan fingerprint density at radius 2 is 1.80 bits per heavy atom. The lowest BCUT2D eigenvalue weighted by Gasteiger charge is -2.10. The predicted octanol–water partition coefficient (Wildman–Crippen LogP) is 4.19. The normalized spacial score (nSPS) is 11.0. The van der Waals surface area contributed by atoms with E-state index in [1.54, 1.807) is 13.3 Å². The standard InChI is InChI=1S/C24H24N4O2/c1-3-28-23-21(15-26-28)20(13-22(27-23)19-7-5-4-6-8-19)24(29)25-14-17-9-11-18(12-10-17)16-30-2/h4-13,15H,3,14,16H2,1-2H3,(H,25,29). The van der Waals surface area contributed by atoms with Gasteiger partial charge in [-0.2, -0.15) is 5.10 Å². The van der Waals surface area contributed by atoms with Crippen molar-refractivity contribution in [1.82, 2.24) is 20.1 Å². The molecule has 0 aliphatic heterocycles. The van der Waals surface area contributed by atoms with E-state index in [1.165, 1.54) is 0 Å². The van der Waals surface area contributed by atoms with Gasteiger partial charge in [0, 0.05) is 25.8 Å². The van der Waals surface area contributed by atoms with E-state index in [4.69, 9.17) is 9.72 Å². The molecule has 6 nitrogen and oxygen atoms in total. The number of nitrogens with zero attached hydrogens (tertiary/aromatic N) is 3. The van der Waals surface area contributed by atoms with Gasteiger partial charge in [0.2, 0.25) is 0 Å². The summed E-state index contributed by atoms with van der Waals surface area (Å²) >= 11 is 0. The molecule has 0 unspecified atom stereocenters. The summed E-state index contributed by atoms with van der Waals surface area (Å²) < 4.78 is 6.95. The minimum absolute atomic E-state index is 0.142. The van der Waals surface area contributed by atoms with E-state index in [9.17, 15) is 4.79 Å². The van der Waals surface area contributed by atoms with Crippen LogP contribution in [0.1, 0.15) is 28.4 Å². The highest BCUT2D eigenvalue weighted by molar-refractivity contribution is 6.06. The van der Waals surface area contributed by atoms with Crippen molar-refractivity contribution in [3.05, 3.63) is 83.6 Å². The van der Waals surface area contributed by atoms with Crippen molar-refractivity contribution in [2.24, 2.45) is 0 Å². The number of hydrogen-bond donors (Lipinski definition) is 1. The van der Waals surface area contributed by atoms with Gasteiger partial charge in [0.15, 0.2) is 5.65 Å². The van der Waals surface area contributed by atoms with E-state index < -0.39 is 0 Å². The van der Waals surface area contributed by atoms with Crippen LogP contribution in [0.2, 0.25) is 0 Å². The summed E-state index contributed by atoms with van der Waals surface area (Å²) in [6.45, 7) is 3.71. The first-order chi connectivity index (χ1) is 14.7. The zero-order valence-electron chi connectivity index (χ0n) is 17.1. The molecule has 0 aliphatic rings. The number of hydrogen-bond acceptors (Lipinski definition) is 4. The molecule has 6 heteroatoms. The molecule has 1 N–H and O–H groups in total. The van der Waals surface area contributed by atoms with Gasteiger partial charge in [-0.05, 0) is 24.1 Å². The SMILES string of the molecule is CCn1ncc2c(C(=O)NCc3ccc(COC)cc3)cc(-c3ccccc3)nc21. The number of benzene rings is 2. The Hall–Kier alpha value is -3.51. The molecule has 2 heterocycles. The van der Waals surface area contributed by atoms with Crippen LogP contribution in [0.15, 0.2) is 66.9 Å². The van der Waals surface area contributed by atoms with Gasteiger partial charge >= 0.3 is 0 Å². The Kier molecular flexibility index (Phi) is 5.86. The number of ether oxygens (including phenoxy) is 1. The van der Waals surface area contributed by atoms with E-state index in [0.29, 0.717) is 30.9 Å². The van der Waals surface area contributed by atoms with E-state index in [-0.39, 0.29) is 5.91 Å². The Morgan fingerprint density at radius 3 is 2.50 bits per heavy atom. The van der Waals surface area contributed by atoms with Crippen LogP contribution in [-0.2, 0) is 24.4 Å². The lowest BCUT2D eigenvalue weighted by Crippen LogP contribution is -2.23. The van der Waals surface area contributed by atoms with Gasteiger partial charge in [0.05, 0.1) is 29.4 Å². The zero-order chi connectivity index (χ0) is 20.9. The highest BCUT2D eigenvalue weighted by atomic mass is 16.5. The number of aryl methyl sites for hydroxylation is 1. The van der Waals surface area contributed by atoms with Crippen molar-refractivity contribution in [3.8, 4) is 11.3 Å². The van der Waals surface area contributed by atoms with Crippen molar-refractivity contribution in [2.75, 3.05) is 7.11 Å². The van der Waals surface area contributed by atoms with Crippen LogP contribution in [0.4, 0.5) is 0 Å². The summed E-state index contributed by atoms with van der Waals surface area (Å²) in [5.41, 5.74) is 5.14. The van der Waals surface area contributed by atoms with Crippen LogP contribution in [0, 0.1) is 0 Å². The fourth-order valence-corrected chi connectivity index (χ4v) is 3.42. The average Bonchev–Trinajstić information content (AvgIpc) is 3.21. The minimum Gasteiger partial charge on any atom is -0.380 e. The molecule has 0 atom stereocenters. The van der Waals surface area contributed by atoms with Gasteiger partial charge in [-0.3, -0.25) is 4.79 Å². The van der Waals surface area contributed by atoms with Crippen LogP contribution in [0.25, 0.3) is 22.3 Å². The first kappa shape index (κ1) is 19.8. The van der Waals surface area contributed by atoms with Crippen molar-refractivity contribution in [1.29, 1.82) is 0 Å². The topological polar surface area (TPSA) is 69.0 Å². The van der Waals surface area contributed by atoms with Crippen molar-refractivity contribution in [3.63, 3.8) is 0 Å². The van der Waals surface area contributed by atoms with Gasteiger partial charge in [-0.25, -0.2) is 9.67 Å². The summed E-state index contributed by atoms with van der Waals surface area (Å²) in [7, 11) is 1.67. The second kappa shape index (κ2) is 8.88. The number of methoxy groups -OCH3 is 1. The van der Waals surface area contributed by atoms with Crippen LogP contribution in [0.5, 0.6) is 0 Å². The number of pyridine rings is 1. The number of nitrogens with one attached hydrogen (secondary N) is 1. The van der Waals surface area contributed by atoms with Gasteiger partial charge in [-0.15, -0.1) is 0 Å². The molecule has 2 aromatic heterocycles. The Bertz CT molecular complexity index is 1150. The Balaban J connectivity index is 1.63. The maximum Gasteiger partial charge on any atom is 0.252 e. The third kappa shape index (κ3) is 4.09. The maximum atomic E-state index is 13.1. The van der Waals surface area contributed by atoms with Crippen molar-refractivity contribution in [2.45, 2.75) is 26.6 Å². The molecule has 0 saturated carbocycles. The lowest BCUT2D eigenvalue weighted by molar-refractivity contribution is 0.0952. The van der Waals surface area contributed by atoms with Gasteiger partial charge < -0.3 is 10.1 Å². The molecule has 4 rings (SSSR count). The summed E-state index contributed by atoms with van der Waals surface area (Å²) in [5, 5.41) is 8.18. The third-order valence-electron chi connectivity index (χ3n) is 5.01. The minimum atomic E-state index is -0.142. The number of fused-ring (bicyclic) bond motifs is 1. The number of carbonyl (C=O) groups excluding carboxylic acids is 1. The molecule has 0 bridgehead atoms. The second-order valence-corrected chi connectivity index (χ2v) is 7.05. The van der Waals surface area contributed by atoms with E-state index in [2.05, 4.69) is 10.4 Å². The highest BCUT2D eigenvalue weighted by Crippen LogP contribution is 2.25. The summed E-state index contributed by atoms with van der Waals surface area (Å²) in [6, 6.07) is 19.7. The molecule has 0 spiro atoms. The van der Waals surface area contributed by atoms with Crippen LogP contribution < -0.4 is 5.32 Å². The Labute approximate surface area is 175 Å². The highest BCUT2D eigenvalue weighted by Gasteiger charge is 2.17. The van der Waals surface area contributed by atoms with Gasteiger partial charge in [0.1, 0.15) is 0 Å². The maximum absolute atomic E-state index is 13.1. The lowest BCUT2D eigenvalue weighted by atomic mass is 10.1. The van der Waals surface area contributed by atoms with Crippen LogP contribution in [-0.4, -0.2) is 27.8 Å². The van der Waals surface area contributed by atoms with Gasteiger partial charge in [0.25, 0.3) is 5.91 Å². The quantitative estimate of drug-likeness (QED) is 0.505. The number of aromatic nitrogens is 3. The molecule has 152 valence electrons. The van der Waals surface area contributed by atoms with Crippen molar-refractivity contribution < 1.29 is 9.53 Å². The first-order valence-corrected chi connectivity index (χ1v) is 9.96. The summed E-state index contributed by atoms with van der Waals surface area (Å²) in [4.78, 5) is 17.9. The number of carbonyl (C=O) groups is 1. The first-order valence-electron chi connectivity index (χ1n) is 9.96. The molecule has 1 amide bonds. The number of rotatable bonds is 7. The predicted molar refractivity (Wildman–Crippen MR) is 117 cm³/mol. The van der Waals surface area contributed by atoms with E-state index in [1.807, 2.05) is 72.3 Å². The average molecular weight is 400 g/mol. The summed E-state index contributed by atoms with van der Waals surface area (Å²) in [6.07, 6.45) is 1.72. The molecular weight excluding hydrogens is 376 g/mol. The Morgan fingerprint density at radius 1 is 1.07 bits per heavy atom. The monoisotopic (exact) mass is 400 g/mol. The fraction of sp³-hybridized carbons (Fsp3) is 0.208. The molecule has 0 radical (unpaired) electrons. The smallest absolute Gasteiger partial charge is 0.252 e. The fourth-order valence-electron chi connectivity index (χ4n) is 3.42. The largest absolute Gasteiger partial charge is 0.380 e. The number of amides is 1. The molecule has 0 fully saturated rings. The van der Waals surface area contributed by atoms with Gasteiger partial charge in [-0.1, -0.05) is 54.6 Å². The van der Waals surface area contributed by atoms with Crippen LogP contribution in [0.3, 0.4) is 0 Å². The summed E-state index contributed by atoms with van der Waals surface area (Å²) in [5.74, 6) is -0.142. The molecule has 0 aliphatic carbocycles. The third-order valence-corrected chi connectivity index (χ3v) is 5.01. The second-order valence-electron chi connectivity index (χ2n) is 7.05. The molecule has 30 heavy (non-hydrogen) atoms. The van der Waals surface area contributed by atoms with E-state index >= 15 is 0 Å².